The van der Waals surface area contributed by atoms with E-state index in [2.05, 4.69) is 115 Å². The van der Waals surface area contributed by atoms with Gasteiger partial charge in [-0.2, -0.15) is 0 Å². The lowest BCUT2D eigenvalue weighted by Gasteiger charge is -2.34. The van der Waals surface area contributed by atoms with Gasteiger partial charge in [-0.05, 0) is 53.6 Å². The van der Waals surface area contributed by atoms with E-state index in [0.717, 1.165) is 16.7 Å². The first-order valence-electron chi connectivity index (χ1n) is 11.6. The third-order valence-corrected chi connectivity index (χ3v) is 11.6. The Balaban J connectivity index is 0.00000267. The molecule has 0 amide bonds. The molecule has 0 bridgehead atoms. The summed E-state index contributed by atoms with van der Waals surface area (Å²) in [5, 5.41) is 15.6. The summed E-state index contributed by atoms with van der Waals surface area (Å²) in [4.78, 5) is 11.6. The van der Waals surface area contributed by atoms with Gasteiger partial charge in [-0.25, -0.2) is 0 Å². The van der Waals surface area contributed by atoms with Crippen molar-refractivity contribution in [1.82, 2.24) is 0 Å². The van der Waals surface area contributed by atoms with Gasteiger partial charge in [0.1, 0.15) is 28.8 Å². The molecule has 0 saturated carbocycles. The van der Waals surface area contributed by atoms with Crippen LogP contribution in [0, 0.1) is 10.1 Å². The Labute approximate surface area is 221 Å². The van der Waals surface area contributed by atoms with Crippen molar-refractivity contribution in [3.8, 4) is 11.1 Å². The van der Waals surface area contributed by atoms with Crippen LogP contribution in [-0.4, -0.2) is 4.92 Å². The maximum atomic E-state index is 11.9. The van der Waals surface area contributed by atoms with Crippen molar-refractivity contribution >= 4 is 28.9 Å². The zero-order valence-electron chi connectivity index (χ0n) is 19.4. The van der Waals surface area contributed by atoms with E-state index in [1.54, 1.807) is 6.07 Å². The molecule has 0 saturated heterocycles. The highest BCUT2D eigenvalue weighted by Crippen LogP contribution is 2.72. The second-order valence-electron chi connectivity index (χ2n) is 8.75. The number of hydrogen-bond donors (Lipinski definition) is 0. The predicted molar refractivity (Wildman–Crippen MR) is 146 cm³/mol. The maximum absolute atomic E-state index is 11.9. The molecule has 0 N–H and O–H groups in total. The summed E-state index contributed by atoms with van der Waals surface area (Å²) in [5.41, 5.74) is 4.60. The number of benzene rings is 5. The SMILES string of the molecule is O=[N+]([O-])c1ccc2c(c1)C([P+](c1ccccc1)(c1ccccc1)c1ccccc1)c1ccccc1-2.[Br-]. The molecule has 0 spiro atoms. The highest BCUT2D eigenvalue weighted by molar-refractivity contribution is 7.96. The van der Waals surface area contributed by atoms with Crippen molar-refractivity contribution < 1.29 is 21.9 Å². The van der Waals surface area contributed by atoms with Crippen LogP contribution >= 0.6 is 7.26 Å². The van der Waals surface area contributed by atoms with Crippen LogP contribution in [-0.2, 0) is 0 Å². The van der Waals surface area contributed by atoms with Crippen molar-refractivity contribution in [3.63, 3.8) is 0 Å². The highest BCUT2D eigenvalue weighted by atomic mass is 79.9. The number of hydrogen-bond acceptors (Lipinski definition) is 2. The van der Waals surface area contributed by atoms with E-state index in [1.165, 1.54) is 21.5 Å². The zero-order valence-corrected chi connectivity index (χ0v) is 21.8. The van der Waals surface area contributed by atoms with Crippen molar-refractivity contribution in [2.45, 2.75) is 5.66 Å². The number of halogens is 1. The molecule has 0 aromatic heterocycles. The molecule has 1 atom stereocenters. The minimum atomic E-state index is -2.34. The van der Waals surface area contributed by atoms with E-state index >= 15 is 0 Å². The van der Waals surface area contributed by atoms with Crippen LogP contribution in [0.25, 0.3) is 11.1 Å². The molecule has 1 aliphatic rings. The highest BCUT2D eigenvalue weighted by Gasteiger charge is 2.57. The normalized spacial score (nSPS) is 13.8. The zero-order chi connectivity index (χ0) is 23.8. The molecule has 1 aliphatic carbocycles. The first kappa shape index (κ1) is 24.1. The summed E-state index contributed by atoms with van der Waals surface area (Å²) >= 11 is 0. The molecular formula is C31H23BrNO2P. The van der Waals surface area contributed by atoms with Crippen LogP contribution in [0.15, 0.2) is 133 Å². The van der Waals surface area contributed by atoms with Gasteiger partial charge in [0.05, 0.1) is 4.92 Å². The maximum Gasteiger partial charge on any atom is 0.269 e. The van der Waals surface area contributed by atoms with E-state index < -0.39 is 7.26 Å². The van der Waals surface area contributed by atoms with Gasteiger partial charge < -0.3 is 17.0 Å². The smallest absolute Gasteiger partial charge is 0.269 e. The Morgan fingerprint density at radius 1 is 0.556 bits per heavy atom. The van der Waals surface area contributed by atoms with Crippen molar-refractivity contribution in [2.75, 3.05) is 0 Å². The number of nitro groups is 1. The molecule has 0 fully saturated rings. The molecule has 0 aliphatic heterocycles. The minimum Gasteiger partial charge on any atom is -1.00 e. The molecule has 3 nitrogen and oxygen atoms in total. The predicted octanol–water partition coefficient (Wildman–Crippen LogP) is 3.66. The molecule has 176 valence electrons. The van der Waals surface area contributed by atoms with Crippen molar-refractivity contribution in [2.24, 2.45) is 0 Å². The van der Waals surface area contributed by atoms with Gasteiger partial charge in [-0.1, -0.05) is 78.9 Å². The quantitative estimate of drug-likeness (QED) is 0.190. The van der Waals surface area contributed by atoms with Crippen molar-refractivity contribution in [3.05, 3.63) is 155 Å². The lowest BCUT2D eigenvalue weighted by molar-refractivity contribution is -0.384. The molecular weight excluding hydrogens is 529 g/mol. The van der Waals surface area contributed by atoms with Gasteiger partial charge >= 0.3 is 0 Å². The Morgan fingerprint density at radius 3 is 1.50 bits per heavy atom. The van der Waals surface area contributed by atoms with E-state index in [-0.39, 0.29) is 33.3 Å². The van der Waals surface area contributed by atoms with Gasteiger partial charge in [0.25, 0.3) is 5.69 Å². The lowest BCUT2D eigenvalue weighted by Crippen LogP contribution is -3.00. The first-order chi connectivity index (χ1) is 17.2. The van der Waals surface area contributed by atoms with Crippen LogP contribution in [0.5, 0.6) is 0 Å². The van der Waals surface area contributed by atoms with Crippen LogP contribution in [0.2, 0.25) is 0 Å². The lowest BCUT2D eigenvalue weighted by atomic mass is 10.1. The fourth-order valence-electron chi connectivity index (χ4n) is 5.58. The van der Waals surface area contributed by atoms with E-state index in [9.17, 15) is 10.1 Å². The summed E-state index contributed by atoms with van der Waals surface area (Å²) in [7, 11) is -2.34. The summed E-state index contributed by atoms with van der Waals surface area (Å²) in [6, 6.07) is 46.0. The van der Waals surface area contributed by atoms with Crippen LogP contribution in [0.4, 0.5) is 5.69 Å². The van der Waals surface area contributed by atoms with Crippen LogP contribution in [0.3, 0.4) is 0 Å². The fourth-order valence-corrected chi connectivity index (χ4v) is 10.6. The summed E-state index contributed by atoms with van der Waals surface area (Å²) in [6.45, 7) is 0. The van der Waals surface area contributed by atoms with Gasteiger partial charge in [0.2, 0.25) is 0 Å². The van der Waals surface area contributed by atoms with Crippen LogP contribution in [0.1, 0.15) is 16.8 Å². The Hall–Kier alpha value is -3.59. The summed E-state index contributed by atoms with van der Waals surface area (Å²) < 4.78 is 0. The van der Waals surface area contributed by atoms with E-state index in [1.807, 2.05) is 12.1 Å². The molecule has 5 aromatic carbocycles. The largest absolute Gasteiger partial charge is 1.00 e. The Morgan fingerprint density at radius 2 is 1.00 bits per heavy atom. The number of non-ortho nitro benzene ring substituents is 1. The Kier molecular flexibility index (Phi) is 6.57. The molecule has 0 radical (unpaired) electrons. The monoisotopic (exact) mass is 551 g/mol. The minimum absolute atomic E-state index is 0. The number of nitrogens with zero attached hydrogens (tertiary/aromatic N) is 1. The molecule has 0 heterocycles. The number of nitro benzene ring substituents is 1. The summed E-state index contributed by atoms with van der Waals surface area (Å²) in [5.74, 6) is 0. The summed E-state index contributed by atoms with van der Waals surface area (Å²) in [6.07, 6.45) is 0. The van der Waals surface area contributed by atoms with Gasteiger partial charge in [0, 0.05) is 23.3 Å². The third kappa shape index (κ3) is 3.69. The molecule has 36 heavy (non-hydrogen) atoms. The third-order valence-electron chi connectivity index (χ3n) is 6.96. The standard InChI is InChI=1S/C31H23NO2P.BrH/c33-32(34)23-20-21-28-27-18-10-11-19-29(27)31(30(28)22-23)35(24-12-4-1-5-13-24,25-14-6-2-7-15-25)26-16-8-3-9-17-26;/h1-22,31H;1H/q+1;/p-1. The van der Waals surface area contributed by atoms with Crippen LogP contribution < -0.4 is 32.9 Å². The average molecular weight is 552 g/mol. The second kappa shape index (κ2) is 9.81. The van der Waals surface area contributed by atoms with E-state index in [0.29, 0.717) is 0 Å². The number of fused-ring (bicyclic) bond motifs is 3. The topological polar surface area (TPSA) is 43.1 Å². The van der Waals surface area contributed by atoms with E-state index in [4.69, 9.17) is 0 Å². The van der Waals surface area contributed by atoms with Crippen molar-refractivity contribution in [1.29, 1.82) is 0 Å². The molecule has 5 aromatic rings. The first-order valence-corrected chi connectivity index (χ1v) is 13.5. The molecule has 6 rings (SSSR count). The van der Waals surface area contributed by atoms with Gasteiger partial charge in [0.15, 0.2) is 0 Å². The molecule has 1 unspecified atom stereocenters. The average Bonchev–Trinajstić information content (AvgIpc) is 3.25. The fraction of sp³-hybridized carbons (Fsp3) is 0.0323. The molecule has 5 heteroatoms. The second-order valence-corrected chi connectivity index (χ2v) is 12.3. The van der Waals surface area contributed by atoms with Gasteiger partial charge in [-0.3, -0.25) is 10.1 Å². The Bertz CT molecular complexity index is 1430. The van der Waals surface area contributed by atoms with Gasteiger partial charge in [-0.15, -0.1) is 0 Å². The number of rotatable bonds is 5.